The van der Waals surface area contributed by atoms with Gasteiger partial charge in [-0.2, -0.15) is 11.8 Å². The number of rotatable bonds is 19. The van der Waals surface area contributed by atoms with E-state index in [4.69, 9.17) is 5.11 Å². The topological polar surface area (TPSA) is 60.7 Å². The molecule has 0 aliphatic carbocycles. The van der Waals surface area contributed by atoms with Crippen molar-refractivity contribution in [2.45, 2.75) is 117 Å². The monoisotopic (exact) mass is 404 g/mol. The van der Waals surface area contributed by atoms with Gasteiger partial charge in [0.25, 0.3) is 0 Å². The van der Waals surface area contributed by atoms with Gasteiger partial charge in [-0.05, 0) is 24.5 Å². The van der Waals surface area contributed by atoms with Crippen LogP contribution >= 0.6 is 11.8 Å². The molecule has 1 unspecified atom stereocenters. The van der Waals surface area contributed by atoms with E-state index in [9.17, 15) is 10.2 Å². The molecule has 0 amide bonds. The molecular weight excluding hydrogens is 356 g/mol. The summed E-state index contributed by atoms with van der Waals surface area (Å²) in [5, 5.41) is 29.9. The van der Waals surface area contributed by atoms with Gasteiger partial charge in [-0.15, -0.1) is 0 Å². The quantitative estimate of drug-likeness (QED) is 0.179. The fourth-order valence-electron chi connectivity index (χ4n) is 3.67. The third kappa shape index (κ3) is 12.4. The molecule has 0 aliphatic heterocycles. The van der Waals surface area contributed by atoms with Crippen LogP contribution in [-0.4, -0.2) is 39.2 Å². The second kappa shape index (κ2) is 16.1. The molecular formula is C23H48O3S. The minimum Gasteiger partial charge on any atom is -0.396 e. The average molecular weight is 405 g/mol. The largest absolute Gasteiger partial charge is 0.396 e. The third-order valence-electron chi connectivity index (χ3n) is 6.29. The first kappa shape index (κ1) is 27.2. The molecule has 0 saturated heterocycles. The van der Waals surface area contributed by atoms with Crippen molar-refractivity contribution in [1.29, 1.82) is 0 Å². The first-order valence-electron chi connectivity index (χ1n) is 11.4. The van der Waals surface area contributed by atoms with Crippen molar-refractivity contribution in [3.63, 3.8) is 0 Å². The Balaban J connectivity index is 3.60. The SMILES string of the molecule is CCCC(C)C(C)(C)C(O)(O)CCCCCCCCCCCCSCCO. The summed E-state index contributed by atoms with van der Waals surface area (Å²) in [7, 11) is 0. The first-order chi connectivity index (χ1) is 12.8. The van der Waals surface area contributed by atoms with Crippen molar-refractivity contribution in [3.05, 3.63) is 0 Å². The summed E-state index contributed by atoms with van der Waals surface area (Å²) in [5.41, 5.74) is -0.459. The van der Waals surface area contributed by atoms with Crippen LogP contribution in [0.5, 0.6) is 0 Å². The van der Waals surface area contributed by atoms with E-state index in [0.717, 1.165) is 31.4 Å². The summed E-state index contributed by atoms with van der Waals surface area (Å²) >= 11 is 1.85. The molecule has 0 spiro atoms. The highest BCUT2D eigenvalue weighted by Crippen LogP contribution is 2.41. The second-order valence-electron chi connectivity index (χ2n) is 8.85. The lowest BCUT2D eigenvalue weighted by molar-refractivity contribution is -0.252. The van der Waals surface area contributed by atoms with Crippen molar-refractivity contribution in [3.8, 4) is 0 Å². The van der Waals surface area contributed by atoms with Gasteiger partial charge in [0.05, 0.1) is 6.61 Å². The predicted molar refractivity (Wildman–Crippen MR) is 120 cm³/mol. The van der Waals surface area contributed by atoms with Crippen LogP contribution in [0.15, 0.2) is 0 Å². The fourth-order valence-corrected chi connectivity index (χ4v) is 4.41. The molecule has 0 heterocycles. The Hall–Kier alpha value is 0.230. The van der Waals surface area contributed by atoms with Crippen LogP contribution in [0.1, 0.15) is 111 Å². The molecule has 0 aromatic carbocycles. The average Bonchev–Trinajstić information content (AvgIpc) is 2.62. The van der Waals surface area contributed by atoms with Gasteiger partial charge in [-0.1, -0.05) is 91.9 Å². The van der Waals surface area contributed by atoms with Gasteiger partial charge in [0.15, 0.2) is 5.79 Å². The normalized spacial score (nSPS) is 13.9. The minimum atomic E-state index is -1.56. The Morgan fingerprint density at radius 1 is 0.778 bits per heavy atom. The summed E-state index contributed by atoms with van der Waals surface area (Å²) in [4.78, 5) is 0. The van der Waals surface area contributed by atoms with Crippen molar-refractivity contribution in [1.82, 2.24) is 0 Å². The van der Waals surface area contributed by atoms with Gasteiger partial charge in [-0.25, -0.2) is 0 Å². The Morgan fingerprint density at radius 3 is 1.74 bits per heavy atom. The van der Waals surface area contributed by atoms with E-state index in [1.807, 2.05) is 25.6 Å². The van der Waals surface area contributed by atoms with Gasteiger partial charge in [0.1, 0.15) is 0 Å². The summed E-state index contributed by atoms with van der Waals surface area (Å²) in [6.07, 6.45) is 15.0. The standard InChI is InChI=1S/C23H48O3S/c1-5-16-21(2)22(3,4)23(25,26)17-14-12-10-8-6-7-9-11-13-15-19-27-20-18-24/h21,24-26H,5-20H2,1-4H3. The molecule has 0 rings (SSSR count). The van der Waals surface area contributed by atoms with E-state index in [-0.39, 0.29) is 0 Å². The molecule has 0 saturated carbocycles. The molecule has 164 valence electrons. The number of thioether (sulfide) groups is 1. The van der Waals surface area contributed by atoms with Gasteiger partial charge in [-0.3, -0.25) is 0 Å². The molecule has 1 atom stereocenters. The Morgan fingerprint density at radius 2 is 1.26 bits per heavy atom. The summed E-state index contributed by atoms with van der Waals surface area (Å²) in [6, 6.07) is 0. The zero-order chi connectivity index (χ0) is 20.6. The van der Waals surface area contributed by atoms with E-state index in [0.29, 0.717) is 18.9 Å². The molecule has 0 radical (unpaired) electrons. The lowest BCUT2D eigenvalue weighted by atomic mass is 9.69. The third-order valence-corrected chi connectivity index (χ3v) is 7.33. The zero-order valence-corrected chi connectivity index (χ0v) is 19.5. The molecule has 27 heavy (non-hydrogen) atoms. The zero-order valence-electron chi connectivity index (χ0n) is 18.6. The number of hydrogen-bond acceptors (Lipinski definition) is 4. The number of hydrogen-bond donors (Lipinski definition) is 3. The maximum Gasteiger partial charge on any atom is 0.167 e. The Kier molecular flexibility index (Phi) is 16.2. The Bertz CT molecular complexity index is 332. The molecule has 0 fully saturated rings. The van der Waals surface area contributed by atoms with Gasteiger partial charge >= 0.3 is 0 Å². The van der Waals surface area contributed by atoms with Gasteiger partial charge in [0.2, 0.25) is 0 Å². The van der Waals surface area contributed by atoms with Gasteiger partial charge < -0.3 is 15.3 Å². The molecule has 3 nitrogen and oxygen atoms in total. The molecule has 0 bridgehead atoms. The molecule has 4 heteroatoms. The van der Waals surface area contributed by atoms with Gasteiger partial charge in [0, 0.05) is 17.6 Å². The van der Waals surface area contributed by atoms with Crippen LogP contribution in [0.2, 0.25) is 0 Å². The van der Waals surface area contributed by atoms with E-state index < -0.39 is 11.2 Å². The van der Waals surface area contributed by atoms with Crippen molar-refractivity contribution in [2.75, 3.05) is 18.1 Å². The van der Waals surface area contributed by atoms with E-state index in [1.54, 1.807) is 0 Å². The van der Waals surface area contributed by atoms with E-state index in [1.165, 1.54) is 57.1 Å². The minimum absolute atomic E-state index is 0.304. The number of aliphatic hydroxyl groups excluding tert-OH is 1. The maximum atomic E-state index is 10.6. The van der Waals surface area contributed by atoms with Crippen LogP contribution in [-0.2, 0) is 0 Å². The van der Waals surface area contributed by atoms with Crippen LogP contribution in [0, 0.1) is 11.3 Å². The van der Waals surface area contributed by atoms with E-state index >= 15 is 0 Å². The fraction of sp³-hybridized carbons (Fsp3) is 1.00. The molecule has 0 aromatic heterocycles. The lowest BCUT2D eigenvalue weighted by Crippen LogP contribution is -2.48. The highest BCUT2D eigenvalue weighted by Gasteiger charge is 2.44. The smallest absolute Gasteiger partial charge is 0.167 e. The van der Waals surface area contributed by atoms with Crippen LogP contribution in [0.4, 0.5) is 0 Å². The molecule has 0 aromatic rings. The maximum absolute atomic E-state index is 10.6. The van der Waals surface area contributed by atoms with Crippen LogP contribution in [0.25, 0.3) is 0 Å². The number of unbranched alkanes of at least 4 members (excludes halogenated alkanes) is 9. The molecule has 3 N–H and O–H groups in total. The number of aliphatic hydroxyl groups is 3. The molecule has 0 aliphatic rings. The lowest BCUT2D eigenvalue weighted by Gasteiger charge is -2.43. The van der Waals surface area contributed by atoms with Crippen LogP contribution in [0.3, 0.4) is 0 Å². The van der Waals surface area contributed by atoms with Crippen LogP contribution < -0.4 is 0 Å². The highest BCUT2D eigenvalue weighted by atomic mass is 32.2. The van der Waals surface area contributed by atoms with Crippen molar-refractivity contribution >= 4 is 11.8 Å². The Labute approximate surface area is 173 Å². The predicted octanol–water partition coefficient (Wildman–Crippen LogP) is 6.15. The highest BCUT2D eigenvalue weighted by molar-refractivity contribution is 7.99. The summed E-state index contributed by atoms with van der Waals surface area (Å²) in [6.45, 7) is 8.59. The summed E-state index contributed by atoms with van der Waals surface area (Å²) < 4.78 is 0. The van der Waals surface area contributed by atoms with Crippen molar-refractivity contribution in [2.24, 2.45) is 11.3 Å². The van der Waals surface area contributed by atoms with E-state index in [2.05, 4.69) is 13.8 Å². The summed E-state index contributed by atoms with van der Waals surface area (Å²) in [5.74, 6) is 0.817. The first-order valence-corrected chi connectivity index (χ1v) is 12.6. The second-order valence-corrected chi connectivity index (χ2v) is 10.1. The van der Waals surface area contributed by atoms with Crippen molar-refractivity contribution < 1.29 is 15.3 Å².